The third-order valence-electron chi connectivity index (χ3n) is 7.56. The van der Waals surface area contributed by atoms with Crippen molar-refractivity contribution in [2.24, 2.45) is 5.41 Å². The Labute approximate surface area is 243 Å². The van der Waals surface area contributed by atoms with Crippen LogP contribution >= 0.6 is 7.75 Å². The number of hydrogen-bond acceptors (Lipinski definition) is 12. The van der Waals surface area contributed by atoms with Gasteiger partial charge < -0.3 is 19.9 Å². The lowest BCUT2D eigenvalue weighted by Gasteiger charge is -2.27. The molecule has 226 valence electrons. The molecule has 0 aromatic carbocycles. The Morgan fingerprint density at radius 1 is 1.36 bits per heavy atom. The molecule has 3 N–H and O–H groups in total. The van der Waals surface area contributed by atoms with Crippen molar-refractivity contribution in [2.45, 2.75) is 83.0 Å². The minimum Gasteiger partial charge on any atom is -0.479 e. The highest BCUT2D eigenvalue weighted by molar-refractivity contribution is 7.51. The zero-order chi connectivity index (χ0) is 29.9. The number of allylic oxidation sites excluding steroid dienone is 2. The van der Waals surface area contributed by atoms with Crippen molar-refractivity contribution in [3.63, 3.8) is 0 Å². The van der Waals surface area contributed by atoms with Crippen molar-refractivity contribution in [3.8, 4) is 11.9 Å². The fourth-order valence-electron chi connectivity index (χ4n) is 5.40. The maximum Gasteiger partial charge on any atom is 0.406 e. The number of imidazole rings is 1. The van der Waals surface area contributed by atoms with Crippen LogP contribution < -0.4 is 15.6 Å². The second kappa shape index (κ2) is 12.5. The number of carbonyl (C=O) groups is 1. The minimum absolute atomic E-state index is 0.0195. The van der Waals surface area contributed by atoms with Crippen LogP contribution in [0, 0.1) is 16.7 Å². The third-order valence-corrected chi connectivity index (χ3v) is 9.30. The van der Waals surface area contributed by atoms with Gasteiger partial charge in [0.2, 0.25) is 11.8 Å². The predicted octanol–water partition coefficient (Wildman–Crippen LogP) is 3.72. The van der Waals surface area contributed by atoms with Gasteiger partial charge in [-0.3, -0.25) is 18.4 Å². The van der Waals surface area contributed by atoms with E-state index in [0.29, 0.717) is 17.6 Å². The Kier molecular flexibility index (Phi) is 8.96. The SMILES string of the molecule is COc1nc(N)nc2c1ncn2C1OC(COP(=O)(NC(C)C(=O)OC2CCCC2)OC2C=CC=CC2)CC1(C)C#N. The number of rotatable bonds is 11. The van der Waals surface area contributed by atoms with Gasteiger partial charge in [-0.15, -0.1) is 0 Å². The molecule has 2 aromatic rings. The summed E-state index contributed by atoms with van der Waals surface area (Å²) in [5, 5.41) is 12.9. The van der Waals surface area contributed by atoms with Crippen LogP contribution in [0.15, 0.2) is 30.6 Å². The van der Waals surface area contributed by atoms with Gasteiger partial charge in [-0.1, -0.05) is 24.3 Å². The van der Waals surface area contributed by atoms with E-state index in [9.17, 15) is 14.6 Å². The van der Waals surface area contributed by atoms with E-state index in [-0.39, 0.29) is 31.0 Å². The highest BCUT2D eigenvalue weighted by Gasteiger charge is 2.48. The van der Waals surface area contributed by atoms with E-state index in [1.165, 1.54) is 13.4 Å². The Morgan fingerprint density at radius 2 is 2.14 bits per heavy atom. The van der Waals surface area contributed by atoms with Crippen molar-refractivity contribution in [2.75, 3.05) is 19.5 Å². The molecule has 42 heavy (non-hydrogen) atoms. The normalized spacial score (nSPS) is 28.0. The summed E-state index contributed by atoms with van der Waals surface area (Å²) in [5.41, 5.74) is 5.55. The molecule has 1 saturated carbocycles. The maximum atomic E-state index is 14.0. The molecule has 14 nitrogen and oxygen atoms in total. The summed E-state index contributed by atoms with van der Waals surface area (Å²) in [7, 11) is -2.61. The predicted molar refractivity (Wildman–Crippen MR) is 151 cm³/mol. The molecule has 6 unspecified atom stereocenters. The highest BCUT2D eigenvalue weighted by Crippen LogP contribution is 2.50. The van der Waals surface area contributed by atoms with Crippen LogP contribution in [-0.4, -0.2) is 63.6 Å². The Morgan fingerprint density at radius 3 is 2.83 bits per heavy atom. The minimum atomic E-state index is -4.05. The van der Waals surface area contributed by atoms with E-state index < -0.39 is 43.6 Å². The first kappa shape index (κ1) is 30.1. The number of nitrogens with zero attached hydrogens (tertiary/aromatic N) is 5. The number of fused-ring (bicyclic) bond motifs is 1. The number of carbonyl (C=O) groups excluding carboxylic acids is 1. The number of ether oxygens (including phenoxy) is 3. The van der Waals surface area contributed by atoms with E-state index in [1.807, 2.05) is 12.2 Å². The number of nitriles is 1. The van der Waals surface area contributed by atoms with Gasteiger partial charge in [-0.2, -0.15) is 15.2 Å². The molecule has 0 amide bonds. The quantitative estimate of drug-likeness (QED) is 0.281. The number of anilines is 1. The second-order valence-electron chi connectivity index (χ2n) is 10.9. The van der Waals surface area contributed by atoms with Crippen molar-refractivity contribution in [3.05, 3.63) is 30.6 Å². The number of nitrogen functional groups attached to an aromatic ring is 1. The molecule has 15 heteroatoms. The molecule has 0 spiro atoms. The van der Waals surface area contributed by atoms with E-state index in [1.54, 1.807) is 30.6 Å². The molecule has 5 rings (SSSR count). The topological polar surface area (TPSA) is 186 Å². The standard InChI is InChI=1S/C27H36N7O7P/c1-17(24(35)39-18-9-7-8-10-18)33-42(36,41-19-11-5-4-6-12-19)38-14-20-13-27(2,15-28)25(40-20)34-16-30-21-22(34)31-26(29)32-23(21)37-3/h4-6,11,16-20,25H,7-10,12-14H2,1-3H3,(H,33,36)(H2,29,31,32). The lowest BCUT2D eigenvalue weighted by Crippen LogP contribution is -2.37. The van der Waals surface area contributed by atoms with Gasteiger partial charge in [0.05, 0.1) is 38.3 Å². The zero-order valence-corrected chi connectivity index (χ0v) is 24.7. The van der Waals surface area contributed by atoms with E-state index in [2.05, 4.69) is 26.1 Å². The Balaban J connectivity index is 1.31. The van der Waals surface area contributed by atoms with Crippen molar-refractivity contribution in [1.29, 1.82) is 5.26 Å². The molecule has 1 aliphatic heterocycles. The first-order chi connectivity index (χ1) is 20.1. The Bertz CT molecular complexity index is 1450. The van der Waals surface area contributed by atoms with Gasteiger partial charge in [0.1, 0.15) is 17.6 Å². The molecule has 3 aliphatic rings. The smallest absolute Gasteiger partial charge is 0.406 e. The van der Waals surface area contributed by atoms with Crippen LogP contribution in [0.25, 0.3) is 11.2 Å². The van der Waals surface area contributed by atoms with Crippen LogP contribution in [0.2, 0.25) is 0 Å². The summed E-state index contributed by atoms with van der Waals surface area (Å²) in [6, 6.07) is 1.39. The van der Waals surface area contributed by atoms with Gasteiger partial charge in [-0.25, -0.2) is 14.6 Å². The lowest BCUT2D eigenvalue weighted by molar-refractivity contribution is -0.150. The number of nitrogens with one attached hydrogen (secondary N) is 1. The summed E-state index contributed by atoms with van der Waals surface area (Å²) in [6.45, 7) is 3.13. The van der Waals surface area contributed by atoms with Crippen LogP contribution in [0.1, 0.15) is 58.6 Å². The van der Waals surface area contributed by atoms with Crippen LogP contribution in [0.4, 0.5) is 5.95 Å². The molecule has 0 bridgehead atoms. The fourth-order valence-corrected chi connectivity index (χ4v) is 7.05. The van der Waals surface area contributed by atoms with Gasteiger partial charge in [0.25, 0.3) is 0 Å². The fraction of sp³-hybridized carbons (Fsp3) is 0.593. The van der Waals surface area contributed by atoms with Crippen molar-refractivity contribution in [1.82, 2.24) is 24.6 Å². The van der Waals surface area contributed by atoms with Gasteiger partial charge >= 0.3 is 13.7 Å². The van der Waals surface area contributed by atoms with Crippen molar-refractivity contribution < 1.29 is 32.6 Å². The van der Waals surface area contributed by atoms with E-state index >= 15 is 0 Å². The average molecular weight is 602 g/mol. The molecule has 0 radical (unpaired) electrons. The maximum absolute atomic E-state index is 14.0. The first-order valence-electron chi connectivity index (χ1n) is 14.0. The van der Waals surface area contributed by atoms with Crippen LogP contribution in [0.3, 0.4) is 0 Å². The molecule has 2 aromatic heterocycles. The Hall–Kier alpha value is -3.34. The molecular weight excluding hydrogens is 565 g/mol. The summed E-state index contributed by atoms with van der Waals surface area (Å²) in [5.74, 6) is -0.343. The molecule has 2 fully saturated rings. The van der Waals surface area contributed by atoms with Crippen LogP contribution in [0.5, 0.6) is 5.88 Å². The van der Waals surface area contributed by atoms with Crippen molar-refractivity contribution >= 4 is 30.8 Å². The summed E-state index contributed by atoms with van der Waals surface area (Å²) in [4.78, 5) is 25.4. The first-order valence-corrected chi connectivity index (χ1v) is 15.5. The molecule has 6 atom stereocenters. The van der Waals surface area contributed by atoms with Gasteiger partial charge in [0.15, 0.2) is 17.4 Å². The summed E-state index contributed by atoms with van der Waals surface area (Å²) >= 11 is 0. The largest absolute Gasteiger partial charge is 0.479 e. The number of esters is 1. The lowest BCUT2D eigenvalue weighted by atomic mass is 9.87. The second-order valence-corrected chi connectivity index (χ2v) is 12.7. The number of methoxy groups -OCH3 is 1. The highest BCUT2D eigenvalue weighted by atomic mass is 31.2. The average Bonchev–Trinajstić information content (AvgIpc) is 3.71. The summed E-state index contributed by atoms with van der Waals surface area (Å²) in [6.07, 6.45) is 11.1. The monoisotopic (exact) mass is 601 g/mol. The van der Waals surface area contributed by atoms with Gasteiger partial charge in [0, 0.05) is 0 Å². The molecule has 1 saturated heterocycles. The zero-order valence-electron chi connectivity index (χ0n) is 23.8. The molecule has 2 aliphatic carbocycles. The molecular formula is C27H36N7O7P. The third kappa shape index (κ3) is 6.50. The van der Waals surface area contributed by atoms with Crippen LogP contribution in [-0.2, 0) is 27.9 Å². The van der Waals surface area contributed by atoms with E-state index in [4.69, 9.17) is 29.0 Å². The van der Waals surface area contributed by atoms with Gasteiger partial charge in [-0.05, 0) is 52.4 Å². The number of aromatic nitrogens is 4. The number of hydrogen-bond donors (Lipinski definition) is 2. The number of nitrogens with two attached hydrogens (primary N) is 1. The van der Waals surface area contributed by atoms with E-state index in [0.717, 1.165) is 25.7 Å². The summed E-state index contributed by atoms with van der Waals surface area (Å²) < 4.78 is 44.5. The molecule has 3 heterocycles.